The summed E-state index contributed by atoms with van der Waals surface area (Å²) in [6.07, 6.45) is -3.16. The quantitative estimate of drug-likeness (QED) is 0.755. The van der Waals surface area contributed by atoms with Crippen molar-refractivity contribution < 1.29 is 22.4 Å². The van der Waals surface area contributed by atoms with E-state index in [4.69, 9.17) is 4.42 Å². The minimum Gasteiger partial charge on any atom is -0.462 e. The third kappa shape index (κ3) is 3.48. The summed E-state index contributed by atoms with van der Waals surface area (Å²) in [5, 5.41) is 3.82. The summed E-state index contributed by atoms with van der Waals surface area (Å²) in [4.78, 5) is 16.2. The van der Waals surface area contributed by atoms with Crippen molar-refractivity contribution in [3.8, 4) is 10.8 Å². The second-order valence-electron chi connectivity index (χ2n) is 4.87. The highest BCUT2D eigenvalue weighted by atomic mass is 32.1. The molecule has 0 saturated carbocycles. The van der Waals surface area contributed by atoms with Crippen LogP contribution in [0, 0.1) is 0 Å². The van der Waals surface area contributed by atoms with E-state index in [0.29, 0.717) is 10.8 Å². The van der Waals surface area contributed by atoms with Crippen LogP contribution in [0.1, 0.15) is 22.1 Å². The number of nitrogens with zero attached hydrogens (tertiary/aromatic N) is 1. The Labute approximate surface area is 139 Å². The van der Waals surface area contributed by atoms with E-state index in [1.54, 1.807) is 18.2 Å². The summed E-state index contributed by atoms with van der Waals surface area (Å²) in [5.41, 5.74) is -0.128. The SMILES string of the molecule is O=C(NC(c1ccccc1)C(F)(F)F)c1csc(-c2ccco2)n1. The van der Waals surface area contributed by atoms with Crippen molar-refractivity contribution in [2.75, 3.05) is 0 Å². The molecule has 0 saturated heterocycles. The summed E-state index contributed by atoms with van der Waals surface area (Å²) in [7, 11) is 0. The molecule has 0 aliphatic rings. The van der Waals surface area contributed by atoms with Crippen LogP contribution in [0.5, 0.6) is 0 Å². The van der Waals surface area contributed by atoms with E-state index < -0.39 is 18.1 Å². The van der Waals surface area contributed by atoms with Gasteiger partial charge in [0.15, 0.2) is 16.8 Å². The van der Waals surface area contributed by atoms with Gasteiger partial charge in [-0.25, -0.2) is 4.98 Å². The van der Waals surface area contributed by atoms with Crippen molar-refractivity contribution >= 4 is 17.2 Å². The molecule has 1 unspecified atom stereocenters. The van der Waals surface area contributed by atoms with Gasteiger partial charge in [-0.05, 0) is 17.7 Å². The van der Waals surface area contributed by atoms with Gasteiger partial charge in [0, 0.05) is 5.38 Å². The third-order valence-electron chi connectivity index (χ3n) is 3.20. The Balaban J connectivity index is 1.82. The molecule has 3 rings (SSSR count). The van der Waals surface area contributed by atoms with Gasteiger partial charge in [-0.15, -0.1) is 11.3 Å². The zero-order chi connectivity index (χ0) is 17.2. The Morgan fingerprint density at radius 3 is 2.54 bits per heavy atom. The number of alkyl halides is 3. The molecule has 1 aromatic carbocycles. The van der Waals surface area contributed by atoms with Gasteiger partial charge < -0.3 is 9.73 Å². The highest BCUT2D eigenvalue weighted by molar-refractivity contribution is 7.13. The van der Waals surface area contributed by atoms with Crippen LogP contribution in [-0.2, 0) is 0 Å². The van der Waals surface area contributed by atoms with Gasteiger partial charge in [0.2, 0.25) is 0 Å². The average molecular weight is 352 g/mol. The zero-order valence-corrected chi connectivity index (χ0v) is 12.9. The molecule has 0 aliphatic carbocycles. The Hall–Kier alpha value is -2.61. The molecule has 24 heavy (non-hydrogen) atoms. The van der Waals surface area contributed by atoms with E-state index in [1.807, 2.05) is 5.32 Å². The molecule has 0 bridgehead atoms. The van der Waals surface area contributed by atoms with Crippen molar-refractivity contribution in [3.05, 3.63) is 65.4 Å². The topological polar surface area (TPSA) is 55.1 Å². The van der Waals surface area contributed by atoms with E-state index in [0.717, 1.165) is 11.3 Å². The summed E-state index contributed by atoms with van der Waals surface area (Å²) < 4.78 is 44.9. The molecule has 0 aliphatic heterocycles. The average Bonchev–Trinajstić information content (AvgIpc) is 3.22. The van der Waals surface area contributed by atoms with Crippen molar-refractivity contribution in [1.29, 1.82) is 0 Å². The number of aromatic nitrogens is 1. The number of hydrogen-bond acceptors (Lipinski definition) is 4. The monoisotopic (exact) mass is 352 g/mol. The van der Waals surface area contributed by atoms with Crippen molar-refractivity contribution in [3.63, 3.8) is 0 Å². The summed E-state index contributed by atoms with van der Waals surface area (Å²) in [5.74, 6) is -0.440. The van der Waals surface area contributed by atoms with Gasteiger partial charge in [-0.3, -0.25) is 4.79 Å². The minimum absolute atomic E-state index is 0.0418. The van der Waals surface area contributed by atoms with Crippen molar-refractivity contribution in [2.45, 2.75) is 12.2 Å². The number of benzene rings is 1. The molecule has 124 valence electrons. The number of amides is 1. The summed E-state index contributed by atoms with van der Waals surface area (Å²) >= 11 is 1.12. The first-order valence-corrected chi connectivity index (χ1v) is 7.75. The van der Waals surface area contributed by atoms with Crippen molar-refractivity contribution in [1.82, 2.24) is 10.3 Å². The van der Waals surface area contributed by atoms with E-state index in [2.05, 4.69) is 4.98 Å². The molecule has 8 heteroatoms. The molecule has 2 aromatic heterocycles. The highest BCUT2D eigenvalue weighted by Gasteiger charge is 2.42. The lowest BCUT2D eigenvalue weighted by molar-refractivity contribution is -0.155. The number of rotatable bonds is 4. The number of carbonyl (C=O) groups is 1. The second-order valence-corrected chi connectivity index (χ2v) is 5.73. The normalized spacial score (nSPS) is 12.8. The Bertz CT molecular complexity index is 813. The van der Waals surface area contributed by atoms with E-state index in [-0.39, 0.29) is 11.3 Å². The first kappa shape index (κ1) is 16.3. The van der Waals surface area contributed by atoms with Crippen LogP contribution in [0.15, 0.2) is 58.5 Å². The predicted molar refractivity (Wildman–Crippen MR) is 82.5 cm³/mol. The third-order valence-corrected chi connectivity index (χ3v) is 4.06. The number of furan rings is 1. The Kier molecular flexibility index (Phi) is 4.39. The van der Waals surface area contributed by atoms with E-state index in [1.165, 1.54) is 35.9 Å². The van der Waals surface area contributed by atoms with Gasteiger partial charge in [0.25, 0.3) is 5.91 Å². The van der Waals surface area contributed by atoms with Crippen LogP contribution in [0.4, 0.5) is 13.2 Å². The minimum atomic E-state index is -4.61. The fourth-order valence-electron chi connectivity index (χ4n) is 2.10. The van der Waals surface area contributed by atoms with Crippen molar-refractivity contribution in [2.24, 2.45) is 0 Å². The second kappa shape index (κ2) is 6.48. The lowest BCUT2D eigenvalue weighted by Crippen LogP contribution is -2.38. The Morgan fingerprint density at radius 2 is 1.92 bits per heavy atom. The first-order valence-electron chi connectivity index (χ1n) is 6.87. The maximum Gasteiger partial charge on any atom is 0.412 e. The fourth-order valence-corrected chi connectivity index (χ4v) is 2.86. The van der Waals surface area contributed by atoms with Crippen LogP contribution in [0.2, 0.25) is 0 Å². The van der Waals surface area contributed by atoms with Gasteiger partial charge in [0.1, 0.15) is 5.69 Å². The summed E-state index contributed by atoms with van der Waals surface area (Å²) in [6, 6.07) is 8.42. The number of nitrogens with one attached hydrogen (secondary N) is 1. The predicted octanol–water partition coefficient (Wildman–Crippen LogP) is 4.44. The molecule has 2 heterocycles. The molecule has 0 radical (unpaired) electrons. The van der Waals surface area contributed by atoms with Gasteiger partial charge in [0.05, 0.1) is 6.26 Å². The molecule has 0 fully saturated rings. The van der Waals surface area contributed by atoms with Gasteiger partial charge in [-0.1, -0.05) is 30.3 Å². The number of hydrogen-bond donors (Lipinski definition) is 1. The van der Waals surface area contributed by atoms with Crippen LogP contribution in [0.25, 0.3) is 10.8 Å². The van der Waals surface area contributed by atoms with Gasteiger partial charge in [-0.2, -0.15) is 13.2 Å². The molecular weight excluding hydrogens is 341 g/mol. The smallest absolute Gasteiger partial charge is 0.412 e. The van der Waals surface area contributed by atoms with Crippen LogP contribution >= 0.6 is 11.3 Å². The van der Waals surface area contributed by atoms with E-state index in [9.17, 15) is 18.0 Å². The summed E-state index contributed by atoms with van der Waals surface area (Å²) in [6.45, 7) is 0. The zero-order valence-electron chi connectivity index (χ0n) is 12.1. The first-order chi connectivity index (χ1) is 11.4. The van der Waals surface area contributed by atoms with Crippen LogP contribution in [0.3, 0.4) is 0 Å². The van der Waals surface area contributed by atoms with Crippen LogP contribution < -0.4 is 5.32 Å². The lowest BCUT2D eigenvalue weighted by atomic mass is 10.1. The van der Waals surface area contributed by atoms with Crippen LogP contribution in [-0.4, -0.2) is 17.1 Å². The molecule has 3 aromatic rings. The molecule has 1 amide bonds. The molecule has 1 atom stereocenters. The number of carbonyl (C=O) groups excluding carboxylic acids is 1. The number of halogens is 3. The standard InChI is InChI=1S/C16H11F3N2O2S/c17-16(18,19)13(10-5-2-1-3-6-10)21-14(22)11-9-24-15(20-11)12-7-4-8-23-12/h1-9,13H,(H,21,22). The maximum absolute atomic E-state index is 13.3. The number of thiazole rings is 1. The van der Waals surface area contributed by atoms with E-state index >= 15 is 0 Å². The molecule has 1 N–H and O–H groups in total. The highest BCUT2D eigenvalue weighted by Crippen LogP contribution is 2.33. The lowest BCUT2D eigenvalue weighted by Gasteiger charge is -2.21. The molecule has 0 spiro atoms. The Morgan fingerprint density at radius 1 is 1.17 bits per heavy atom. The molecular formula is C16H11F3N2O2S. The maximum atomic E-state index is 13.3. The largest absolute Gasteiger partial charge is 0.462 e. The van der Waals surface area contributed by atoms with Gasteiger partial charge >= 0.3 is 6.18 Å². The molecule has 4 nitrogen and oxygen atoms in total. The fraction of sp³-hybridized carbons (Fsp3) is 0.125.